The number of nitrogens with zero attached hydrogens (tertiary/aromatic N) is 3. The van der Waals surface area contributed by atoms with Crippen LogP contribution >= 0.6 is 0 Å². The summed E-state index contributed by atoms with van der Waals surface area (Å²) in [5.74, 6) is 0.432. The molecule has 0 saturated carbocycles. The molecule has 0 aliphatic rings. The number of nitrogens with two attached hydrogens (primary N) is 1. The van der Waals surface area contributed by atoms with E-state index in [1.165, 1.54) is 0 Å². The number of hydrogen-bond acceptors (Lipinski definition) is 3. The SMILES string of the molecule is Cc1cc(C(=O)N(C)CC[C@@H](N)C(C)C)n(C)n1. The molecule has 102 valence electrons. The van der Waals surface area contributed by atoms with Gasteiger partial charge in [-0.2, -0.15) is 5.10 Å². The largest absolute Gasteiger partial charge is 0.340 e. The molecule has 0 spiro atoms. The fourth-order valence-electron chi connectivity index (χ4n) is 1.78. The van der Waals surface area contributed by atoms with Crippen LogP contribution in [0.25, 0.3) is 0 Å². The summed E-state index contributed by atoms with van der Waals surface area (Å²) in [5.41, 5.74) is 7.46. The molecule has 0 fully saturated rings. The fraction of sp³-hybridized carbons (Fsp3) is 0.692. The molecule has 0 saturated heterocycles. The molecule has 0 unspecified atom stereocenters. The van der Waals surface area contributed by atoms with E-state index in [1.807, 2.05) is 6.92 Å². The van der Waals surface area contributed by atoms with Crippen molar-refractivity contribution in [2.75, 3.05) is 13.6 Å². The Morgan fingerprint density at radius 3 is 2.61 bits per heavy atom. The van der Waals surface area contributed by atoms with Crippen LogP contribution in [0, 0.1) is 12.8 Å². The van der Waals surface area contributed by atoms with Gasteiger partial charge in [-0.25, -0.2) is 0 Å². The van der Waals surface area contributed by atoms with Crippen molar-refractivity contribution in [3.05, 3.63) is 17.5 Å². The van der Waals surface area contributed by atoms with Crippen molar-refractivity contribution in [3.8, 4) is 0 Å². The predicted octanol–water partition coefficient (Wildman–Crippen LogP) is 1.17. The Kier molecular flexibility index (Phi) is 4.90. The van der Waals surface area contributed by atoms with Crippen molar-refractivity contribution in [3.63, 3.8) is 0 Å². The number of aryl methyl sites for hydroxylation is 2. The number of carbonyl (C=O) groups excluding carboxylic acids is 1. The minimum Gasteiger partial charge on any atom is -0.340 e. The average Bonchev–Trinajstić information content (AvgIpc) is 2.63. The standard InChI is InChI=1S/C13H24N4O/c1-9(2)11(14)6-7-16(4)13(18)12-8-10(3)15-17(12)5/h8-9,11H,6-7,14H2,1-5H3/t11-/m1/s1. The maximum atomic E-state index is 12.2. The lowest BCUT2D eigenvalue weighted by molar-refractivity contribution is 0.0778. The molecule has 0 aromatic carbocycles. The summed E-state index contributed by atoms with van der Waals surface area (Å²) in [6.45, 7) is 6.74. The van der Waals surface area contributed by atoms with Gasteiger partial charge in [0.05, 0.1) is 5.69 Å². The smallest absolute Gasteiger partial charge is 0.271 e. The van der Waals surface area contributed by atoms with Crippen LogP contribution in [-0.2, 0) is 7.05 Å². The Labute approximate surface area is 109 Å². The van der Waals surface area contributed by atoms with Crippen LogP contribution in [0.15, 0.2) is 6.07 Å². The number of hydrogen-bond donors (Lipinski definition) is 1. The van der Waals surface area contributed by atoms with E-state index in [4.69, 9.17) is 5.73 Å². The molecule has 1 aromatic rings. The third-order valence-electron chi connectivity index (χ3n) is 3.22. The summed E-state index contributed by atoms with van der Waals surface area (Å²) in [4.78, 5) is 13.9. The zero-order valence-electron chi connectivity index (χ0n) is 12.0. The minimum absolute atomic E-state index is 0.00550. The highest BCUT2D eigenvalue weighted by molar-refractivity contribution is 5.92. The monoisotopic (exact) mass is 252 g/mol. The molecule has 1 aromatic heterocycles. The summed E-state index contributed by atoms with van der Waals surface area (Å²) in [6.07, 6.45) is 0.816. The van der Waals surface area contributed by atoms with Gasteiger partial charge < -0.3 is 10.6 Å². The first-order valence-corrected chi connectivity index (χ1v) is 6.34. The zero-order valence-corrected chi connectivity index (χ0v) is 12.0. The quantitative estimate of drug-likeness (QED) is 0.855. The van der Waals surface area contributed by atoms with Crippen LogP contribution in [0.5, 0.6) is 0 Å². The molecule has 5 nitrogen and oxygen atoms in total. The van der Waals surface area contributed by atoms with Crippen molar-refractivity contribution < 1.29 is 4.79 Å². The van der Waals surface area contributed by atoms with Gasteiger partial charge in [0, 0.05) is 26.7 Å². The first-order chi connectivity index (χ1) is 8.32. The molecular formula is C13H24N4O. The fourth-order valence-corrected chi connectivity index (χ4v) is 1.78. The summed E-state index contributed by atoms with van der Waals surface area (Å²) in [6, 6.07) is 1.94. The van der Waals surface area contributed by atoms with Gasteiger partial charge in [-0.05, 0) is 25.3 Å². The van der Waals surface area contributed by atoms with E-state index in [-0.39, 0.29) is 11.9 Å². The molecule has 1 heterocycles. The second kappa shape index (κ2) is 6.00. The summed E-state index contributed by atoms with van der Waals surface area (Å²) < 4.78 is 1.62. The van der Waals surface area contributed by atoms with Gasteiger partial charge in [-0.1, -0.05) is 13.8 Å². The molecule has 18 heavy (non-hydrogen) atoms. The van der Waals surface area contributed by atoms with Gasteiger partial charge in [-0.15, -0.1) is 0 Å². The molecule has 1 atom stereocenters. The Morgan fingerprint density at radius 2 is 2.17 bits per heavy atom. The summed E-state index contributed by atoms with van der Waals surface area (Å²) in [5, 5.41) is 4.18. The van der Waals surface area contributed by atoms with Crippen LogP contribution in [-0.4, -0.2) is 40.2 Å². The molecule has 1 amide bonds. The lowest BCUT2D eigenvalue weighted by atomic mass is 10.0. The van der Waals surface area contributed by atoms with E-state index in [0.29, 0.717) is 18.2 Å². The van der Waals surface area contributed by atoms with Gasteiger partial charge >= 0.3 is 0 Å². The van der Waals surface area contributed by atoms with E-state index < -0.39 is 0 Å². The van der Waals surface area contributed by atoms with E-state index in [9.17, 15) is 4.79 Å². The number of carbonyl (C=O) groups is 1. The third kappa shape index (κ3) is 3.57. The normalized spacial score (nSPS) is 12.8. The Balaban J connectivity index is 2.59. The highest BCUT2D eigenvalue weighted by Crippen LogP contribution is 2.08. The van der Waals surface area contributed by atoms with E-state index in [2.05, 4.69) is 18.9 Å². The third-order valence-corrected chi connectivity index (χ3v) is 3.22. The Hall–Kier alpha value is -1.36. The van der Waals surface area contributed by atoms with Crippen LogP contribution in [0.1, 0.15) is 36.5 Å². The number of amides is 1. The van der Waals surface area contributed by atoms with Gasteiger partial charge in [0.1, 0.15) is 5.69 Å². The van der Waals surface area contributed by atoms with Crippen LogP contribution in [0.4, 0.5) is 0 Å². The lowest BCUT2D eigenvalue weighted by Gasteiger charge is -2.21. The van der Waals surface area contributed by atoms with Crippen molar-refractivity contribution >= 4 is 5.91 Å². The second-order valence-corrected chi connectivity index (χ2v) is 5.22. The molecular weight excluding hydrogens is 228 g/mol. The van der Waals surface area contributed by atoms with Crippen LogP contribution in [0.2, 0.25) is 0 Å². The summed E-state index contributed by atoms with van der Waals surface area (Å²) >= 11 is 0. The topological polar surface area (TPSA) is 64.2 Å². The number of aromatic nitrogens is 2. The van der Waals surface area contributed by atoms with Gasteiger partial charge in [0.2, 0.25) is 0 Å². The second-order valence-electron chi connectivity index (χ2n) is 5.22. The highest BCUT2D eigenvalue weighted by atomic mass is 16.2. The van der Waals surface area contributed by atoms with Gasteiger partial charge in [0.25, 0.3) is 5.91 Å². The van der Waals surface area contributed by atoms with Crippen LogP contribution < -0.4 is 5.73 Å². The van der Waals surface area contributed by atoms with E-state index in [1.54, 1.807) is 29.7 Å². The lowest BCUT2D eigenvalue weighted by Crippen LogP contribution is -2.35. The van der Waals surface area contributed by atoms with Gasteiger partial charge in [-0.3, -0.25) is 9.48 Å². The van der Waals surface area contributed by atoms with E-state index in [0.717, 1.165) is 12.1 Å². The van der Waals surface area contributed by atoms with Crippen LogP contribution in [0.3, 0.4) is 0 Å². The molecule has 5 heteroatoms. The first kappa shape index (κ1) is 14.7. The average molecular weight is 252 g/mol. The maximum Gasteiger partial charge on any atom is 0.271 e. The van der Waals surface area contributed by atoms with Crippen molar-refractivity contribution in [2.24, 2.45) is 18.7 Å². The maximum absolute atomic E-state index is 12.2. The number of rotatable bonds is 5. The highest BCUT2D eigenvalue weighted by Gasteiger charge is 2.17. The van der Waals surface area contributed by atoms with Crippen molar-refractivity contribution in [2.45, 2.75) is 33.2 Å². The van der Waals surface area contributed by atoms with Crippen molar-refractivity contribution in [1.29, 1.82) is 0 Å². The predicted molar refractivity (Wildman–Crippen MR) is 72.3 cm³/mol. The van der Waals surface area contributed by atoms with E-state index >= 15 is 0 Å². The molecule has 0 aliphatic carbocycles. The Morgan fingerprint density at radius 1 is 1.56 bits per heavy atom. The minimum atomic E-state index is -0.00550. The molecule has 2 N–H and O–H groups in total. The van der Waals surface area contributed by atoms with Crippen molar-refractivity contribution in [1.82, 2.24) is 14.7 Å². The first-order valence-electron chi connectivity index (χ1n) is 6.34. The van der Waals surface area contributed by atoms with Gasteiger partial charge in [0.15, 0.2) is 0 Å². The Bertz CT molecular complexity index is 411. The molecule has 0 bridgehead atoms. The molecule has 1 rings (SSSR count). The molecule has 0 radical (unpaired) electrons. The summed E-state index contributed by atoms with van der Waals surface area (Å²) in [7, 11) is 3.59. The zero-order chi connectivity index (χ0) is 13.9. The molecule has 0 aliphatic heterocycles.